The van der Waals surface area contributed by atoms with Crippen molar-refractivity contribution in [2.75, 3.05) is 37.4 Å². The standard InChI is InChI=1S/C24H31FN4O4/c1-15-13-29(16(2)14-30)23(31)11-17-10-20(8-9-21(17)33-22(15)12-26-3)28-24(32)27-19-6-4-18(25)5-7-19/h4-10,15-16,22,26,30H,11-14H2,1-3H3,(H2,27,28,32)/t15-,16+,22-/m1/s1. The zero-order chi connectivity index (χ0) is 24.0. The van der Waals surface area contributed by atoms with Gasteiger partial charge in [0.2, 0.25) is 5.91 Å². The molecule has 3 amide bonds. The van der Waals surface area contributed by atoms with Crippen molar-refractivity contribution in [1.29, 1.82) is 0 Å². The molecule has 2 aromatic rings. The molecular formula is C24H31FN4O4. The number of nitrogens with zero attached hydrogens (tertiary/aromatic N) is 1. The Hall–Kier alpha value is -3.17. The normalized spacial score (nSPS) is 19.4. The van der Waals surface area contributed by atoms with E-state index in [0.717, 1.165) is 0 Å². The first-order chi connectivity index (χ1) is 15.8. The Balaban J connectivity index is 1.83. The van der Waals surface area contributed by atoms with Gasteiger partial charge >= 0.3 is 6.03 Å². The van der Waals surface area contributed by atoms with Gasteiger partial charge in [-0.1, -0.05) is 6.92 Å². The van der Waals surface area contributed by atoms with Crippen LogP contribution >= 0.6 is 0 Å². The first kappa shape index (κ1) is 24.5. The smallest absolute Gasteiger partial charge is 0.323 e. The second-order valence-electron chi connectivity index (χ2n) is 8.35. The van der Waals surface area contributed by atoms with Crippen LogP contribution in [0.1, 0.15) is 19.4 Å². The summed E-state index contributed by atoms with van der Waals surface area (Å²) in [6, 6.07) is 9.80. The van der Waals surface area contributed by atoms with Crippen molar-refractivity contribution in [2.45, 2.75) is 32.4 Å². The minimum absolute atomic E-state index is 0.0284. The Kier molecular flexibility index (Phi) is 8.24. The van der Waals surface area contributed by atoms with Gasteiger partial charge in [-0.3, -0.25) is 4.79 Å². The predicted molar refractivity (Wildman–Crippen MR) is 125 cm³/mol. The van der Waals surface area contributed by atoms with Crippen molar-refractivity contribution in [3.05, 3.63) is 53.8 Å². The predicted octanol–water partition coefficient (Wildman–Crippen LogP) is 2.84. The highest BCUT2D eigenvalue weighted by Crippen LogP contribution is 2.29. The van der Waals surface area contributed by atoms with Crippen molar-refractivity contribution in [3.8, 4) is 5.75 Å². The van der Waals surface area contributed by atoms with Gasteiger partial charge in [-0.2, -0.15) is 0 Å². The third-order valence-corrected chi connectivity index (χ3v) is 5.68. The zero-order valence-electron chi connectivity index (χ0n) is 19.1. The average molecular weight is 459 g/mol. The molecule has 33 heavy (non-hydrogen) atoms. The van der Waals surface area contributed by atoms with E-state index in [0.29, 0.717) is 35.8 Å². The summed E-state index contributed by atoms with van der Waals surface area (Å²) in [4.78, 5) is 27.2. The molecule has 0 unspecified atom stereocenters. The van der Waals surface area contributed by atoms with E-state index >= 15 is 0 Å². The first-order valence-electron chi connectivity index (χ1n) is 11.0. The molecule has 178 valence electrons. The maximum Gasteiger partial charge on any atom is 0.323 e. The van der Waals surface area contributed by atoms with E-state index in [1.165, 1.54) is 24.3 Å². The van der Waals surface area contributed by atoms with Gasteiger partial charge in [0.05, 0.1) is 19.1 Å². The van der Waals surface area contributed by atoms with E-state index in [4.69, 9.17) is 4.74 Å². The molecule has 0 spiro atoms. The number of rotatable bonds is 6. The number of anilines is 2. The van der Waals surface area contributed by atoms with Crippen molar-refractivity contribution in [2.24, 2.45) is 5.92 Å². The number of likely N-dealkylation sites (N-methyl/N-ethyl adjacent to an activating group) is 1. The number of carbonyl (C=O) groups excluding carboxylic acids is 2. The SMILES string of the molecule is CNC[C@H]1Oc2ccc(NC(=O)Nc3ccc(F)cc3)cc2CC(=O)N([C@@H](C)CO)C[C@H]1C. The highest BCUT2D eigenvalue weighted by Gasteiger charge is 2.30. The number of benzene rings is 2. The second kappa shape index (κ2) is 11.1. The van der Waals surface area contributed by atoms with Crippen LogP contribution in [0.3, 0.4) is 0 Å². The molecule has 3 atom stereocenters. The lowest BCUT2D eigenvalue weighted by Gasteiger charge is -2.32. The van der Waals surface area contributed by atoms with Crippen LogP contribution in [-0.2, 0) is 11.2 Å². The summed E-state index contributed by atoms with van der Waals surface area (Å²) in [7, 11) is 1.84. The summed E-state index contributed by atoms with van der Waals surface area (Å²) in [6.45, 7) is 4.76. The second-order valence-corrected chi connectivity index (χ2v) is 8.35. The fraction of sp³-hybridized carbons (Fsp3) is 0.417. The molecule has 1 aliphatic heterocycles. The number of urea groups is 1. The number of fused-ring (bicyclic) bond motifs is 1. The van der Waals surface area contributed by atoms with Crippen LogP contribution in [0.25, 0.3) is 0 Å². The molecule has 0 saturated carbocycles. The van der Waals surface area contributed by atoms with Crippen LogP contribution in [0.5, 0.6) is 5.75 Å². The Labute approximate surface area is 193 Å². The van der Waals surface area contributed by atoms with Gasteiger partial charge in [0.25, 0.3) is 0 Å². The van der Waals surface area contributed by atoms with Gasteiger partial charge in [-0.15, -0.1) is 0 Å². The van der Waals surface area contributed by atoms with Gasteiger partial charge in [0.15, 0.2) is 0 Å². The number of hydrogen-bond acceptors (Lipinski definition) is 5. The Morgan fingerprint density at radius 3 is 2.55 bits per heavy atom. The van der Waals surface area contributed by atoms with Crippen LogP contribution in [0, 0.1) is 11.7 Å². The van der Waals surface area contributed by atoms with E-state index in [1.807, 2.05) is 20.9 Å². The molecule has 1 heterocycles. The molecule has 0 radical (unpaired) electrons. The Bertz CT molecular complexity index is 969. The molecule has 1 aliphatic rings. The summed E-state index contributed by atoms with van der Waals surface area (Å²) in [5.74, 6) is 0.101. The van der Waals surface area contributed by atoms with Crippen molar-refractivity contribution in [3.63, 3.8) is 0 Å². The number of amides is 3. The third kappa shape index (κ3) is 6.43. The molecule has 0 saturated heterocycles. The van der Waals surface area contributed by atoms with E-state index in [-0.39, 0.29) is 37.0 Å². The topological polar surface area (TPSA) is 103 Å². The molecule has 8 nitrogen and oxygen atoms in total. The van der Waals surface area contributed by atoms with Crippen LogP contribution in [0.4, 0.5) is 20.6 Å². The monoisotopic (exact) mass is 458 g/mol. The Morgan fingerprint density at radius 2 is 1.88 bits per heavy atom. The minimum Gasteiger partial charge on any atom is -0.488 e. The van der Waals surface area contributed by atoms with E-state index in [1.54, 1.807) is 23.1 Å². The molecule has 3 rings (SSSR count). The fourth-order valence-corrected chi connectivity index (χ4v) is 3.78. The fourth-order valence-electron chi connectivity index (χ4n) is 3.78. The molecule has 2 aromatic carbocycles. The maximum atomic E-state index is 13.1. The number of nitrogens with one attached hydrogen (secondary N) is 3. The first-order valence-corrected chi connectivity index (χ1v) is 11.0. The molecule has 4 N–H and O–H groups in total. The Morgan fingerprint density at radius 1 is 1.21 bits per heavy atom. The van der Waals surface area contributed by atoms with Gasteiger partial charge in [0.1, 0.15) is 17.7 Å². The summed E-state index contributed by atoms with van der Waals surface area (Å²) in [6.07, 6.45) is -0.109. The van der Waals surface area contributed by atoms with Gasteiger partial charge in [-0.05, 0) is 56.4 Å². The van der Waals surface area contributed by atoms with Crippen LogP contribution < -0.4 is 20.7 Å². The van der Waals surface area contributed by atoms with Crippen LogP contribution in [0.15, 0.2) is 42.5 Å². The van der Waals surface area contributed by atoms with Crippen LogP contribution in [-0.4, -0.2) is 60.8 Å². The lowest BCUT2D eigenvalue weighted by atomic mass is 10.0. The minimum atomic E-state index is -0.492. The van der Waals surface area contributed by atoms with E-state index in [9.17, 15) is 19.1 Å². The molecule has 0 fully saturated rings. The molecule has 0 bridgehead atoms. The maximum absolute atomic E-state index is 13.1. The lowest BCUT2D eigenvalue weighted by Crippen LogP contribution is -2.47. The number of carbonyl (C=O) groups is 2. The van der Waals surface area contributed by atoms with Gasteiger partial charge in [-0.25, -0.2) is 9.18 Å². The summed E-state index contributed by atoms with van der Waals surface area (Å²) < 4.78 is 19.3. The van der Waals surface area contributed by atoms with Crippen LogP contribution in [0.2, 0.25) is 0 Å². The number of ether oxygens (including phenoxy) is 1. The van der Waals surface area contributed by atoms with Crippen molar-refractivity contribution >= 4 is 23.3 Å². The summed E-state index contributed by atoms with van der Waals surface area (Å²) >= 11 is 0. The largest absolute Gasteiger partial charge is 0.488 e. The summed E-state index contributed by atoms with van der Waals surface area (Å²) in [5, 5.41) is 18.2. The van der Waals surface area contributed by atoms with Crippen molar-refractivity contribution < 1.29 is 23.8 Å². The third-order valence-electron chi connectivity index (χ3n) is 5.68. The van der Waals surface area contributed by atoms with E-state index in [2.05, 4.69) is 16.0 Å². The number of hydrogen-bond donors (Lipinski definition) is 4. The number of aliphatic hydroxyl groups excluding tert-OH is 1. The number of aliphatic hydroxyl groups is 1. The lowest BCUT2D eigenvalue weighted by molar-refractivity contribution is -0.134. The molecule has 0 aliphatic carbocycles. The van der Waals surface area contributed by atoms with Gasteiger partial charge < -0.3 is 30.7 Å². The molecular weight excluding hydrogens is 427 g/mol. The highest BCUT2D eigenvalue weighted by molar-refractivity contribution is 5.99. The quantitative estimate of drug-likeness (QED) is 0.533. The average Bonchev–Trinajstić information content (AvgIpc) is 2.83. The zero-order valence-corrected chi connectivity index (χ0v) is 19.1. The van der Waals surface area contributed by atoms with E-state index < -0.39 is 11.8 Å². The number of halogens is 1. The van der Waals surface area contributed by atoms with Crippen molar-refractivity contribution in [1.82, 2.24) is 10.2 Å². The molecule has 9 heteroatoms. The summed E-state index contributed by atoms with van der Waals surface area (Å²) in [5.41, 5.74) is 1.58. The van der Waals surface area contributed by atoms with Gasteiger partial charge in [0, 0.05) is 35.9 Å². The molecule has 0 aromatic heterocycles. The highest BCUT2D eigenvalue weighted by atomic mass is 19.1.